The fourth-order valence-electron chi connectivity index (χ4n) is 1.79. The Hall–Kier alpha value is 0.684. The molecule has 1 aliphatic heterocycles. The Morgan fingerprint density at radius 3 is 0.750 bits per heavy atom. The van der Waals surface area contributed by atoms with Gasteiger partial charge >= 0.3 is 44.0 Å². The lowest BCUT2D eigenvalue weighted by molar-refractivity contribution is 0.0811. The van der Waals surface area contributed by atoms with Gasteiger partial charge in [-0.25, -0.2) is 0 Å². The van der Waals surface area contributed by atoms with E-state index in [0.717, 1.165) is 0 Å². The van der Waals surface area contributed by atoms with Gasteiger partial charge in [-0.15, -0.1) is 0 Å². The van der Waals surface area contributed by atoms with Crippen LogP contribution >= 0.6 is 0 Å². The standard InChI is InChI=1S/C5H20O10Si5/c1-16(6)11-17(2,7)13-19(4,9)15-20(5,10)14-18(3,8)12-16/h6-10H,1-5H3/i6T,7T,8T,9T,10T. The number of hydrogen-bond acceptors (Lipinski definition) is 10. The third-order valence-corrected chi connectivity index (χ3v) is 16.7. The molecule has 0 amide bonds. The van der Waals surface area contributed by atoms with E-state index in [4.69, 9.17) is 27.7 Å². The van der Waals surface area contributed by atoms with E-state index in [2.05, 4.69) is 24.0 Å². The fraction of sp³-hybridized carbons (Fsp3) is 1.00. The summed E-state index contributed by atoms with van der Waals surface area (Å²) in [6.45, 7) is 6.41. The Labute approximate surface area is 129 Å². The predicted octanol–water partition coefficient (Wildman–Crippen LogP) is -2.11. The first-order chi connectivity index (χ1) is 11.3. The van der Waals surface area contributed by atoms with E-state index >= 15 is 0 Å². The van der Waals surface area contributed by atoms with Gasteiger partial charge in [-0.1, -0.05) is 0 Å². The summed E-state index contributed by atoms with van der Waals surface area (Å²) in [5.41, 5.74) is 0. The van der Waals surface area contributed by atoms with Crippen molar-refractivity contribution in [1.29, 1.82) is 7.16 Å². The molecule has 0 saturated carbocycles. The number of hydrogen-bond donors (Lipinski definition) is 5. The molecule has 10 nitrogen and oxygen atoms in total. The van der Waals surface area contributed by atoms with E-state index in [9.17, 15) is 0 Å². The van der Waals surface area contributed by atoms with Gasteiger partial charge in [0.05, 0.1) is 0 Å². The predicted molar refractivity (Wildman–Crippen MR) is 74.6 cm³/mol. The summed E-state index contributed by atoms with van der Waals surface area (Å²) in [5, 5.41) is 0. The molecule has 0 spiro atoms. The Balaban J connectivity index is 3.44. The Morgan fingerprint density at radius 2 is 0.650 bits per heavy atom. The molecule has 0 unspecified atom stereocenters. The normalized spacial score (nSPS) is 58.8. The van der Waals surface area contributed by atoms with Crippen molar-refractivity contribution in [2.75, 3.05) is 0 Å². The highest BCUT2D eigenvalue weighted by molar-refractivity contribution is 6.86. The zero-order valence-electron chi connectivity index (χ0n) is 16.6. The summed E-state index contributed by atoms with van der Waals surface area (Å²) in [6, 6.07) is 0. The van der Waals surface area contributed by atoms with Gasteiger partial charge in [0.25, 0.3) is 0 Å². The van der Waals surface area contributed by atoms with E-state index in [1.54, 1.807) is 0 Å². The molecule has 0 atom stereocenters. The van der Waals surface area contributed by atoms with Gasteiger partial charge in [-0.05, 0) is 0 Å². The molecule has 0 aromatic heterocycles. The summed E-state index contributed by atoms with van der Waals surface area (Å²) < 4.78 is 63.8. The Kier molecular flexibility index (Phi) is 3.28. The molecule has 0 bridgehead atoms. The van der Waals surface area contributed by atoms with Crippen molar-refractivity contribution in [2.45, 2.75) is 32.7 Å². The van der Waals surface area contributed by atoms with Crippen LogP contribution in [0.4, 0.5) is 0 Å². The summed E-state index contributed by atoms with van der Waals surface area (Å²) >= 11 is 0. The van der Waals surface area contributed by atoms with Crippen molar-refractivity contribution in [3.8, 4) is 0 Å². The molecule has 0 aromatic rings. The van der Waals surface area contributed by atoms with Crippen molar-refractivity contribution in [3.63, 3.8) is 0 Å². The van der Waals surface area contributed by atoms with Crippen molar-refractivity contribution in [3.05, 3.63) is 0 Å². The second kappa shape index (κ2) is 5.40. The Bertz CT molecular complexity index is 361. The zero-order chi connectivity index (χ0) is 19.6. The van der Waals surface area contributed by atoms with Crippen LogP contribution in [0.5, 0.6) is 0 Å². The molecule has 1 fully saturated rings. The lowest BCUT2D eigenvalue weighted by Crippen LogP contribution is -2.68. The van der Waals surface area contributed by atoms with E-state index in [-0.39, 0.29) is 0 Å². The van der Waals surface area contributed by atoms with E-state index in [0.29, 0.717) is 0 Å². The molecule has 1 rings (SSSR count). The van der Waals surface area contributed by atoms with Crippen LogP contribution in [0.1, 0.15) is 0 Å². The van der Waals surface area contributed by atoms with Gasteiger partial charge < -0.3 is 44.6 Å². The van der Waals surface area contributed by atoms with Crippen LogP contribution in [0.15, 0.2) is 0 Å². The first kappa shape index (κ1) is 12.1. The fourth-order valence-corrected chi connectivity index (χ4v) is 18.0. The van der Waals surface area contributed by atoms with E-state index in [1.807, 2.05) is 0 Å². The van der Waals surface area contributed by atoms with Crippen molar-refractivity contribution >= 4 is 44.0 Å². The van der Waals surface area contributed by atoms with Gasteiger partial charge in [0.15, 0.2) is 7.16 Å². The average molecular weight is 391 g/mol. The molecular formula is C5H20O10Si5. The molecule has 15 heteroatoms. The summed E-state index contributed by atoms with van der Waals surface area (Å²) in [4.78, 5) is 22.8. The van der Waals surface area contributed by atoms with Crippen molar-refractivity contribution < 1.29 is 44.6 Å². The molecular weight excluding hydrogens is 360 g/mol. The smallest absolute Gasteiger partial charge is 0.391 e. The largest absolute Gasteiger partial charge is 0.480 e. The highest BCUT2D eigenvalue weighted by Gasteiger charge is 2.58. The van der Waals surface area contributed by atoms with Crippen molar-refractivity contribution in [2.24, 2.45) is 0 Å². The highest BCUT2D eigenvalue weighted by atomic mass is 28.6. The minimum absolute atomic E-state index is 1.28. The lowest BCUT2D eigenvalue weighted by atomic mass is 11.9. The van der Waals surface area contributed by atoms with E-state index < -0.39 is 44.0 Å². The molecule has 0 aromatic carbocycles. The molecule has 1 aliphatic rings. The van der Waals surface area contributed by atoms with Gasteiger partial charge in [0.2, 0.25) is 0 Å². The van der Waals surface area contributed by atoms with Crippen LogP contribution in [0.25, 0.3) is 0 Å². The van der Waals surface area contributed by atoms with Gasteiger partial charge in [0, 0.05) is 32.7 Å². The number of rotatable bonds is 5. The first-order valence-corrected chi connectivity index (χ1v) is 16.7. The van der Waals surface area contributed by atoms with Crippen LogP contribution in [0.2, 0.25) is 32.7 Å². The second-order valence-corrected chi connectivity index (χ2v) is 17.5. The monoisotopic (exact) mass is 390 g/mol. The maximum atomic E-state index is 7.25. The average Bonchev–Trinajstić information content (AvgIpc) is 2.53. The molecule has 120 valence electrons. The maximum absolute atomic E-state index is 7.25. The summed E-state index contributed by atoms with van der Waals surface area (Å²) in [7, 11) is -19.5. The van der Waals surface area contributed by atoms with Gasteiger partial charge in [0.1, 0.15) is 0 Å². The third-order valence-electron chi connectivity index (χ3n) is 1.85. The molecule has 20 heavy (non-hydrogen) atoms. The minimum Gasteiger partial charge on any atom is -0.391 e. The van der Waals surface area contributed by atoms with Crippen LogP contribution in [-0.4, -0.2) is 75.2 Å². The van der Waals surface area contributed by atoms with Gasteiger partial charge in [-0.2, -0.15) is 0 Å². The maximum Gasteiger partial charge on any atom is 0.480 e. The van der Waals surface area contributed by atoms with Crippen LogP contribution in [-0.2, 0) is 20.6 Å². The minimum atomic E-state index is -3.91. The lowest BCUT2D eigenvalue weighted by Gasteiger charge is -2.40. The van der Waals surface area contributed by atoms with E-state index in [1.165, 1.54) is 32.7 Å². The second-order valence-electron chi connectivity index (χ2n) is 4.82. The van der Waals surface area contributed by atoms with Crippen molar-refractivity contribution in [1.82, 2.24) is 0 Å². The highest BCUT2D eigenvalue weighted by Crippen LogP contribution is 2.25. The first-order valence-electron chi connectivity index (χ1n) is 7.60. The zero-order valence-corrected chi connectivity index (χ0v) is 16.6. The molecule has 1 heterocycles. The van der Waals surface area contributed by atoms with Gasteiger partial charge in [-0.3, -0.25) is 0 Å². The molecule has 1 saturated heterocycles. The summed E-state index contributed by atoms with van der Waals surface area (Å²) in [6.07, 6.45) is 0. The topological polar surface area (TPSA) is 147 Å². The SMILES string of the molecule is [3H]O[Si]1(C)O[Si](C)(O[3H])O[Si](C)(O[3H])O[Si](C)(O[3H])O[Si](C)(O[3H])O1. The third kappa shape index (κ3) is 6.21. The molecule has 5 N–H and O–H groups in total. The Morgan fingerprint density at radius 1 is 0.500 bits per heavy atom. The van der Waals surface area contributed by atoms with Crippen LogP contribution < -0.4 is 0 Å². The summed E-state index contributed by atoms with van der Waals surface area (Å²) in [5.74, 6) is 0. The van der Waals surface area contributed by atoms with Crippen LogP contribution in [0.3, 0.4) is 0 Å². The molecule has 0 radical (unpaired) electrons. The van der Waals surface area contributed by atoms with Crippen LogP contribution in [0, 0.1) is 0 Å². The quantitative estimate of drug-likeness (QED) is 0.330. The molecule has 0 aliphatic carbocycles.